The van der Waals surface area contributed by atoms with Gasteiger partial charge in [-0.3, -0.25) is 14.9 Å². The normalized spacial score (nSPS) is 11.1. The zero-order valence-electron chi connectivity index (χ0n) is 13.4. The van der Waals surface area contributed by atoms with E-state index in [1.54, 1.807) is 0 Å². The molecule has 0 heterocycles. The number of carboxylic acid groups (broad SMARTS) is 1. The van der Waals surface area contributed by atoms with Gasteiger partial charge in [0.1, 0.15) is 17.2 Å². The van der Waals surface area contributed by atoms with E-state index >= 15 is 0 Å². The number of aliphatic carboxylic acids is 1. The van der Waals surface area contributed by atoms with Gasteiger partial charge in [0, 0.05) is 18.7 Å². The Kier molecular flexibility index (Phi) is 6.11. The van der Waals surface area contributed by atoms with Crippen LogP contribution in [0.25, 0.3) is 0 Å². The lowest BCUT2D eigenvalue weighted by Gasteiger charge is -2.12. The Labute approximate surface area is 155 Å². The molecular formula is C16H12ClF3N2O5. The topological polar surface area (TPSA) is 102 Å². The van der Waals surface area contributed by atoms with Crippen LogP contribution in [0, 0.1) is 10.1 Å². The number of nitro benzene ring substituents is 1. The fraction of sp³-hybridized carbons (Fsp3) is 0.188. The Bertz CT molecular complexity index is 874. The third-order valence-corrected chi connectivity index (χ3v) is 3.60. The summed E-state index contributed by atoms with van der Waals surface area (Å²) < 4.78 is 43.4. The van der Waals surface area contributed by atoms with Crippen molar-refractivity contribution >= 4 is 28.9 Å². The molecule has 0 fully saturated rings. The summed E-state index contributed by atoms with van der Waals surface area (Å²) in [5, 5.41) is 22.0. The maximum absolute atomic E-state index is 12.7. The van der Waals surface area contributed by atoms with Crippen LogP contribution < -0.4 is 10.1 Å². The quantitative estimate of drug-likeness (QED) is 0.500. The first-order valence-corrected chi connectivity index (χ1v) is 7.74. The third-order valence-electron chi connectivity index (χ3n) is 3.31. The molecule has 2 aromatic carbocycles. The minimum Gasteiger partial charge on any atom is -0.481 e. The number of alkyl halides is 3. The summed E-state index contributed by atoms with van der Waals surface area (Å²) in [6.45, 7) is -0.0688. The average molecular weight is 405 g/mol. The number of rotatable bonds is 7. The minimum absolute atomic E-state index is 0.00165. The number of nitro groups is 1. The SMILES string of the molecule is O=C(O)CCNc1cc(Oc2ccc(C(F)(F)F)cc2Cl)ccc1[N+](=O)[O-]. The number of nitrogens with zero attached hydrogens (tertiary/aromatic N) is 1. The fourth-order valence-electron chi connectivity index (χ4n) is 2.07. The van der Waals surface area contributed by atoms with Gasteiger partial charge >= 0.3 is 12.1 Å². The van der Waals surface area contributed by atoms with Gasteiger partial charge in [0.15, 0.2) is 0 Å². The summed E-state index contributed by atoms with van der Waals surface area (Å²) in [5.41, 5.74) is -1.26. The Morgan fingerprint density at radius 3 is 2.52 bits per heavy atom. The summed E-state index contributed by atoms with van der Waals surface area (Å²) >= 11 is 5.81. The highest BCUT2D eigenvalue weighted by Gasteiger charge is 2.31. The van der Waals surface area contributed by atoms with Crippen molar-refractivity contribution in [2.45, 2.75) is 12.6 Å². The van der Waals surface area contributed by atoms with Crippen LogP contribution in [-0.4, -0.2) is 22.5 Å². The monoisotopic (exact) mass is 404 g/mol. The summed E-state index contributed by atoms with van der Waals surface area (Å²) in [7, 11) is 0. The standard InChI is InChI=1S/C16H12ClF3N2O5/c17-11-7-9(16(18,19)20)1-4-14(11)27-10-2-3-13(22(25)26)12(8-10)21-6-5-15(23)24/h1-4,7-8,21H,5-6H2,(H,23,24). The molecule has 0 spiro atoms. The van der Waals surface area contributed by atoms with Crippen LogP contribution in [0.4, 0.5) is 24.5 Å². The van der Waals surface area contributed by atoms with E-state index in [1.165, 1.54) is 12.1 Å². The van der Waals surface area contributed by atoms with Gasteiger partial charge in [0.05, 0.1) is 21.9 Å². The Morgan fingerprint density at radius 2 is 1.96 bits per heavy atom. The van der Waals surface area contributed by atoms with E-state index in [0.29, 0.717) is 6.07 Å². The first-order chi connectivity index (χ1) is 12.6. The Hall–Kier alpha value is -3.01. The fourth-order valence-corrected chi connectivity index (χ4v) is 2.29. The molecule has 144 valence electrons. The molecule has 0 radical (unpaired) electrons. The zero-order valence-corrected chi connectivity index (χ0v) is 14.2. The van der Waals surface area contributed by atoms with Crippen molar-refractivity contribution < 1.29 is 32.7 Å². The van der Waals surface area contributed by atoms with Gasteiger partial charge in [-0.2, -0.15) is 13.2 Å². The van der Waals surface area contributed by atoms with Crippen LogP contribution in [0.1, 0.15) is 12.0 Å². The smallest absolute Gasteiger partial charge is 0.416 e. The van der Waals surface area contributed by atoms with Crippen molar-refractivity contribution in [1.29, 1.82) is 0 Å². The maximum atomic E-state index is 12.7. The Morgan fingerprint density at radius 1 is 1.26 bits per heavy atom. The molecule has 0 amide bonds. The minimum atomic E-state index is -4.56. The number of hydrogen-bond donors (Lipinski definition) is 2. The summed E-state index contributed by atoms with van der Waals surface area (Å²) in [5.74, 6) is -1.09. The largest absolute Gasteiger partial charge is 0.481 e. The lowest BCUT2D eigenvalue weighted by Crippen LogP contribution is -2.09. The first-order valence-electron chi connectivity index (χ1n) is 7.36. The molecule has 0 aliphatic carbocycles. The second-order valence-electron chi connectivity index (χ2n) is 5.25. The lowest BCUT2D eigenvalue weighted by molar-refractivity contribution is -0.384. The van der Waals surface area contributed by atoms with Crippen LogP contribution >= 0.6 is 11.6 Å². The number of hydrogen-bond acceptors (Lipinski definition) is 5. The highest BCUT2D eigenvalue weighted by atomic mass is 35.5. The first kappa shape index (κ1) is 20.3. The summed E-state index contributed by atoms with van der Waals surface area (Å²) in [4.78, 5) is 20.9. The molecule has 0 aliphatic rings. The van der Waals surface area contributed by atoms with E-state index in [1.807, 2.05) is 0 Å². The molecule has 2 N–H and O–H groups in total. The molecule has 0 saturated heterocycles. The number of nitrogens with one attached hydrogen (secondary N) is 1. The van der Waals surface area contributed by atoms with Crippen molar-refractivity contribution in [2.75, 3.05) is 11.9 Å². The summed E-state index contributed by atoms with van der Waals surface area (Å²) in [6.07, 6.45) is -4.83. The van der Waals surface area contributed by atoms with E-state index in [9.17, 15) is 28.1 Å². The molecule has 11 heteroatoms. The van der Waals surface area contributed by atoms with Crippen molar-refractivity contribution in [3.8, 4) is 11.5 Å². The van der Waals surface area contributed by atoms with Gasteiger partial charge in [0.2, 0.25) is 0 Å². The molecule has 0 atom stereocenters. The molecule has 2 aromatic rings. The van der Waals surface area contributed by atoms with E-state index in [4.69, 9.17) is 21.4 Å². The molecule has 0 aromatic heterocycles. The van der Waals surface area contributed by atoms with Gasteiger partial charge in [-0.05, 0) is 24.3 Å². The van der Waals surface area contributed by atoms with Gasteiger partial charge < -0.3 is 15.2 Å². The lowest BCUT2D eigenvalue weighted by atomic mass is 10.2. The molecule has 0 aliphatic heterocycles. The molecule has 27 heavy (non-hydrogen) atoms. The predicted molar refractivity (Wildman–Crippen MR) is 90.4 cm³/mol. The molecule has 0 bridgehead atoms. The predicted octanol–water partition coefficient (Wildman–Crippen LogP) is 4.95. The van der Waals surface area contributed by atoms with Gasteiger partial charge in [-0.25, -0.2) is 0 Å². The van der Waals surface area contributed by atoms with Crippen LogP contribution in [0.3, 0.4) is 0 Å². The van der Waals surface area contributed by atoms with Crippen molar-refractivity contribution in [3.05, 3.63) is 57.1 Å². The van der Waals surface area contributed by atoms with Crippen molar-refractivity contribution in [1.82, 2.24) is 0 Å². The average Bonchev–Trinajstić information content (AvgIpc) is 2.55. The van der Waals surface area contributed by atoms with E-state index in [2.05, 4.69) is 5.32 Å². The third kappa shape index (κ3) is 5.48. The zero-order chi connectivity index (χ0) is 20.2. The molecule has 7 nitrogen and oxygen atoms in total. The molecule has 0 unspecified atom stereocenters. The van der Waals surface area contributed by atoms with Crippen LogP contribution in [0.15, 0.2) is 36.4 Å². The number of halogens is 4. The van der Waals surface area contributed by atoms with Crippen LogP contribution in [0.2, 0.25) is 5.02 Å². The number of anilines is 1. The van der Waals surface area contributed by atoms with Gasteiger partial charge in [-0.15, -0.1) is 0 Å². The maximum Gasteiger partial charge on any atom is 0.416 e. The molecular weight excluding hydrogens is 393 g/mol. The van der Waals surface area contributed by atoms with Gasteiger partial charge in [-0.1, -0.05) is 11.6 Å². The number of carbonyl (C=O) groups is 1. The Balaban J connectivity index is 2.26. The van der Waals surface area contributed by atoms with E-state index in [0.717, 1.165) is 18.2 Å². The molecule has 2 rings (SSSR count). The number of benzene rings is 2. The highest BCUT2D eigenvalue weighted by molar-refractivity contribution is 6.32. The second kappa shape index (κ2) is 8.12. The highest BCUT2D eigenvalue weighted by Crippen LogP contribution is 2.37. The second-order valence-corrected chi connectivity index (χ2v) is 5.66. The van der Waals surface area contributed by atoms with Crippen molar-refractivity contribution in [3.63, 3.8) is 0 Å². The van der Waals surface area contributed by atoms with Gasteiger partial charge in [0.25, 0.3) is 5.69 Å². The molecule has 0 saturated carbocycles. The van der Waals surface area contributed by atoms with Crippen molar-refractivity contribution in [2.24, 2.45) is 0 Å². The number of carboxylic acids is 1. The summed E-state index contributed by atoms with van der Waals surface area (Å²) in [6, 6.07) is 6.12. The van der Waals surface area contributed by atoms with Crippen LogP contribution in [-0.2, 0) is 11.0 Å². The van der Waals surface area contributed by atoms with E-state index in [-0.39, 0.29) is 40.9 Å². The van der Waals surface area contributed by atoms with Crippen LogP contribution in [0.5, 0.6) is 11.5 Å². The number of ether oxygens (including phenoxy) is 1. The van der Waals surface area contributed by atoms with E-state index < -0.39 is 22.6 Å².